The number of rotatable bonds is 1. The highest BCUT2D eigenvalue weighted by Crippen LogP contribution is 2.65. The van der Waals surface area contributed by atoms with Gasteiger partial charge in [-0.25, -0.2) is 4.39 Å². The van der Waals surface area contributed by atoms with E-state index in [4.69, 9.17) is 0 Å². The molecule has 29 heavy (non-hydrogen) atoms. The fourth-order valence-electron chi connectivity index (χ4n) is 7.41. The zero-order valence-corrected chi connectivity index (χ0v) is 17.6. The van der Waals surface area contributed by atoms with E-state index in [0.29, 0.717) is 17.8 Å². The molecule has 2 N–H and O–H groups in total. The van der Waals surface area contributed by atoms with Crippen LogP contribution in [0.2, 0.25) is 0 Å². The molecule has 1 aromatic rings. The van der Waals surface area contributed by atoms with Gasteiger partial charge < -0.3 is 10.2 Å². The molecule has 0 heterocycles. The van der Waals surface area contributed by atoms with Gasteiger partial charge in [0.05, 0.1) is 12.2 Å². The van der Waals surface area contributed by atoms with Crippen molar-refractivity contribution in [1.82, 2.24) is 0 Å². The summed E-state index contributed by atoms with van der Waals surface area (Å²) in [5.74, 6) is 1.53. The molecular weight excluding hydrogens is 363 g/mol. The molecule has 0 saturated heterocycles. The lowest BCUT2D eigenvalue weighted by Gasteiger charge is -2.57. The van der Waals surface area contributed by atoms with Gasteiger partial charge >= 0.3 is 0 Å². The molecule has 3 saturated carbocycles. The highest BCUT2D eigenvalue weighted by Gasteiger charge is 2.59. The molecular formula is C26H33FO2. The summed E-state index contributed by atoms with van der Waals surface area (Å²) in [5.41, 5.74) is 3.73. The maximum absolute atomic E-state index is 13.3. The Morgan fingerprint density at radius 2 is 1.76 bits per heavy atom. The number of aliphatic hydroxyl groups excluding tert-OH is 2. The Kier molecular flexibility index (Phi) is 4.56. The van der Waals surface area contributed by atoms with Gasteiger partial charge in [0.1, 0.15) is 5.82 Å². The first-order valence-electron chi connectivity index (χ1n) is 11.3. The largest absolute Gasteiger partial charge is 0.393 e. The van der Waals surface area contributed by atoms with Gasteiger partial charge in [0.2, 0.25) is 0 Å². The Morgan fingerprint density at radius 3 is 2.52 bits per heavy atom. The normalized spacial score (nSPS) is 45.3. The molecule has 0 aromatic heterocycles. The molecule has 0 amide bonds. The highest BCUT2D eigenvalue weighted by atomic mass is 19.1. The van der Waals surface area contributed by atoms with Crippen molar-refractivity contribution >= 4 is 6.08 Å². The monoisotopic (exact) mass is 396 g/mol. The summed E-state index contributed by atoms with van der Waals surface area (Å²) in [5, 5.41) is 21.5. The van der Waals surface area contributed by atoms with Crippen molar-refractivity contribution in [2.45, 2.75) is 71.0 Å². The summed E-state index contributed by atoms with van der Waals surface area (Å²) in [6.07, 6.45) is 11.0. The van der Waals surface area contributed by atoms with Crippen LogP contribution in [-0.2, 0) is 0 Å². The second kappa shape index (κ2) is 6.78. The molecule has 2 nitrogen and oxygen atoms in total. The van der Waals surface area contributed by atoms with Gasteiger partial charge in [-0.1, -0.05) is 43.7 Å². The second-order valence-electron chi connectivity index (χ2n) is 10.6. The summed E-state index contributed by atoms with van der Waals surface area (Å²) in [6.45, 7) is 4.72. The first-order valence-corrected chi connectivity index (χ1v) is 11.3. The summed E-state index contributed by atoms with van der Waals surface area (Å²) < 4.78 is 13.3. The summed E-state index contributed by atoms with van der Waals surface area (Å²) in [7, 11) is 0. The van der Waals surface area contributed by atoms with Crippen molar-refractivity contribution in [3.05, 3.63) is 52.9 Å². The minimum absolute atomic E-state index is 0.0666. The molecule has 0 unspecified atom stereocenters. The van der Waals surface area contributed by atoms with Gasteiger partial charge in [-0.15, -0.1) is 0 Å². The summed E-state index contributed by atoms with van der Waals surface area (Å²) in [4.78, 5) is 0. The van der Waals surface area contributed by atoms with E-state index in [9.17, 15) is 14.6 Å². The van der Waals surface area contributed by atoms with Crippen molar-refractivity contribution in [3.8, 4) is 0 Å². The molecule has 5 rings (SSSR count). The average molecular weight is 397 g/mol. The third-order valence-electron chi connectivity index (χ3n) is 9.17. The predicted octanol–water partition coefficient (Wildman–Crippen LogP) is 5.50. The van der Waals surface area contributed by atoms with E-state index in [0.717, 1.165) is 49.7 Å². The van der Waals surface area contributed by atoms with Crippen LogP contribution in [0.1, 0.15) is 64.4 Å². The smallest absolute Gasteiger partial charge is 0.123 e. The first-order chi connectivity index (χ1) is 13.8. The third-order valence-corrected chi connectivity index (χ3v) is 9.17. The lowest BCUT2D eigenvalue weighted by atomic mass is 9.48. The molecule has 4 aliphatic carbocycles. The molecule has 3 fully saturated rings. The van der Waals surface area contributed by atoms with Crippen LogP contribution >= 0.6 is 0 Å². The number of aliphatic hydroxyl groups is 2. The van der Waals surface area contributed by atoms with Crippen LogP contribution in [0, 0.1) is 34.4 Å². The highest BCUT2D eigenvalue weighted by molar-refractivity contribution is 5.55. The molecule has 4 aliphatic rings. The van der Waals surface area contributed by atoms with Crippen LogP contribution in [0.3, 0.4) is 0 Å². The predicted molar refractivity (Wildman–Crippen MR) is 113 cm³/mol. The Labute approximate surface area is 173 Å². The van der Waals surface area contributed by atoms with Gasteiger partial charge in [-0.05, 0) is 91.4 Å². The van der Waals surface area contributed by atoms with Gasteiger partial charge in [-0.2, -0.15) is 0 Å². The maximum atomic E-state index is 13.3. The van der Waals surface area contributed by atoms with Crippen LogP contribution < -0.4 is 0 Å². The fourth-order valence-corrected chi connectivity index (χ4v) is 7.41. The lowest BCUT2D eigenvalue weighted by molar-refractivity contribution is -0.0685. The SMILES string of the molecule is C[C@@]12CC[C@H]3[C@@H](CC=C4C[C@@H](O)CC[C@@]43C)[C@H]1C/C(=C\c1ccc(F)cc1)[C@@H]2O. The topological polar surface area (TPSA) is 40.5 Å². The number of allylic oxidation sites excluding steroid dienone is 1. The maximum Gasteiger partial charge on any atom is 0.123 e. The minimum Gasteiger partial charge on any atom is -0.393 e. The summed E-state index contributed by atoms with van der Waals surface area (Å²) in [6, 6.07) is 6.58. The van der Waals surface area contributed by atoms with E-state index in [-0.39, 0.29) is 22.8 Å². The van der Waals surface area contributed by atoms with E-state index >= 15 is 0 Å². The Morgan fingerprint density at radius 1 is 1.00 bits per heavy atom. The number of benzene rings is 1. The Balaban J connectivity index is 1.46. The quantitative estimate of drug-likeness (QED) is 0.615. The van der Waals surface area contributed by atoms with Gasteiger partial charge in [0.25, 0.3) is 0 Å². The van der Waals surface area contributed by atoms with E-state index in [2.05, 4.69) is 26.0 Å². The first kappa shape index (κ1) is 19.5. The van der Waals surface area contributed by atoms with Crippen molar-refractivity contribution in [3.63, 3.8) is 0 Å². The van der Waals surface area contributed by atoms with Crippen LogP contribution in [0.15, 0.2) is 41.5 Å². The zero-order chi connectivity index (χ0) is 20.4. The van der Waals surface area contributed by atoms with Crippen molar-refractivity contribution < 1.29 is 14.6 Å². The molecule has 0 bridgehead atoms. The van der Waals surface area contributed by atoms with Crippen LogP contribution in [-0.4, -0.2) is 22.4 Å². The van der Waals surface area contributed by atoms with Gasteiger partial charge in [0.15, 0.2) is 0 Å². The number of halogens is 1. The van der Waals surface area contributed by atoms with Crippen LogP contribution in [0.5, 0.6) is 0 Å². The second-order valence-corrected chi connectivity index (χ2v) is 10.6. The van der Waals surface area contributed by atoms with Crippen molar-refractivity contribution in [1.29, 1.82) is 0 Å². The van der Waals surface area contributed by atoms with E-state index in [1.807, 2.05) is 0 Å². The van der Waals surface area contributed by atoms with E-state index in [1.54, 1.807) is 12.1 Å². The molecule has 156 valence electrons. The third kappa shape index (κ3) is 2.96. The molecule has 0 radical (unpaired) electrons. The number of hydrogen-bond donors (Lipinski definition) is 2. The fraction of sp³-hybridized carbons (Fsp3) is 0.615. The van der Waals surface area contributed by atoms with Crippen molar-refractivity contribution in [2.75, 3.05) is 0 Å². The molecule has 0 aliphatic heterocycles. The standard InChI is InChI=1S/C26H33FO2/c1-25-11-9-20(28)15-18(25)5-8-21-22(25)10-12-26(2)23(21)14-17(24(26)29)13-16-3-6-19(27)7-4-16/h3-7,13,20-24,28-29H,8-12,14-15H2,1-2H3/b17-13+/t20-,21+,22-,23+,24-,25-,26+/m0/s1. The lowest BCUT2D eigenvalue weighted by Crippen LogP contribution is -2.51. The molecule has 3 heteroatoms. The Bertz CT molecular complexity index is 856. The Hall–Kier alpha value is -1.45. The number of fused-ring (bicyclic) bond motifs is 5. The molecule has 7 atom stereocenters. The zero-order valence-electron chi connectivity index (χ0n) is 17.6. The minimum atomic E-state index is -0.412. The number of hydrogen-bond acceptors (Lipinski definition) is 2. The van der Waals surface area contributed by atoms with Gasteiger partial charge in [0, 0.05) is 5.41 Å². The van der Waals surface area contributed by atoms with Gasteiger partial charge in [-0.3, -0.25) is 0 Å². The molecule has 1 aromatic carbocycles. The average Bonchev–Trinajstić information content (AvgIpc) is 2.95. The van der Waals surface area contributed by atoms with Crippen LogP contribution in [0.4, 0.5) is 4.39 Å². The van der Waals surface area contributed by atoms with E-state index in [1.165, 1.54) is 24.1 Å². The van der Waals surface area contributed by atoms with E-state index < -0.39 is 6.10 Å². The van der Waals surface area contributed by atoms with Crippen molar-refractivity contribution in [2.24, 2.45) is 28.6 Å². The summed E-state index contributed by atoms with van der Waals surface area (Å²) >= 11 is 0. The molecule has 0 spiro atoms. The van der Waals surface area contributed by atoms with Crippen LogP contribution in [0.25, 0.3) is 6.08 Å².